The Bertz CT molecular complexity index is 419. The van der Waals surface area contributed by atoms with E-state index in [4.69, 9.17) is 4.74 Å². The van der Waals surface area contributed by atoms with E-state index < -0.39 is 0 Å². The van der Waals surface area contributed by atoms with E-state index in [2.05, 4.69) is 10.5 Å². The summed E-state index contributed by atoms with van der Waals surface area (Å²) in [6.45, 7) is 6.17. The Balaban J connectivity index is 2.20. The van der Waals surface area contributed by atoms with Gasteiger partial charge in [0.25, 0.3) is 0 Å². The summed E-state index contributed by atoms with van der Waals surface area (Å²) in [5.74, 6) is -0.0774. The Morgan fingerprint density at radius 1 is 1.37 bits per heavy atom. The van der Waals surface area contributed by atoms with Gasteiger partial charge in [-0.15, -0.1) is 0 Å². The predicted octanol–water partition coefficient (Wildman–Crippen LogP) is 0.947. The van der Waals surface area contributed by atoms with E-state index in [1.165, 1.54) is 7.55 Å². The van der Waals surface area contributed by atoms with Gasteiger partial charge in [-0.2, -0.15) is 0 Å². The lowest BCUT2D eigenvalue weighted by atomic mass is 10.1. The molecule has 0 aliphatic carbocycles. The van der Waals surface area contributed by atoms with Gasteiger partial charge in [0.15, 0.2) is 0 Å². The number of phenols is 1. The van der Waals surface area contributed by atoms with Crippen LogP contribution in [0, 0.1) is 0 Å². The molecule has 5 nitrogen and oxygen atoms in total. The molecular weight excluding hydrogens is 243 g/mol. The first-order chi connectivity index (χ1) is 8.88. The molecule has 1 rings (SSSR count). The topological polar surface area (TPSA) is 70.6 Å². The number of para-hydroxylation sites is 1. The van der Waals surface area contributed by atoms with Crippen molar-refractivity contribution < 1.29 is 14.6 Å². The van der Waals surface area contributed by atoms with Crippen molar-refractivity contribution in [2.75, 3.05) is 6.73 Å². The van der Waals surface area contributed by atoms with Crippen molar-refractivity contribution in [3.05, 3.63) is 29.8 Å². The summed E-state index contributed by atoms with van der Waals surface area (Å²) in [4.78, 5) is 11.6. The number of phenolic OH excluding ortho intramolecular Hbond substituents is 1. The molecule has 0 spiro atoms. The van der Waals surface area contributed by atoms with Crippen LogP contribution in [-0.2, 0) is 16.0 Å². The van der Waals surface area contributed by atoms with Crippen molar-refractivity contribution in [2.45, 2.75) is 32.8 Å². The Kier molecular flexibility index (Phi) is 5.85. The minimum Gasteiger partial charge on any atom is -0.508 e. The smallest absolute Gasteiger partial charge is 0.350 e. The maximum Gasteiger partial charge on any atom is 0.350 e. The molecule has 103 valence electrons. The van der Waals surface area contributed by atoms with Gasteiger partial charge in [0.1, 0.15) is 5.75 Å². The number of carbonyl (C=O) groups is 1. The zero-order valence-corrected chi connectivity index (χ0v) is 11.6. The molecule has 3 N–H and O–H groups in total. The molecule has 19 heavy (non-hydrogen) atoms. The highest BCUT2D eigenvalue weighted by Crippen LogP contribution is 2.15. The first kappa shape index (κ1) is 15.5. The molecule has 0 aliphatic rings. The van der Waals surface area contributed by atoms with Crippen LogP contribution in [0.25, 0.3) is 0 Å². The van der Waals surface area contributed by atoms with Gasteiger partial charge in [-0.3, -0.25) is 4.79 Å². The molecular formula is C13H20BN2O3. The molecule has 0 unspecified atom stereocenters. The number of ether oxygens (including phenoxy) is 1. The van der Waals surface area contributed by atoms with Crippen LogP contribution in [0.3, 0.4) is 0 Å². The third-order valence-electron chi connectivity index (χ3n) is 2.27. The van der Waals surface area contributed by atoms with Gasteiger partial charge in [-0.05, 0) is 26.8 Å². The minimum atomic E-state index is -0.222. The van der Waals surface area contributed by atoms with Gasteiger partial charge >= 0.3 is 7.55 Å². The van der Waals surface area contributed by atoms with Crippen LogP contribution in [0.5, 0.6) is 5.75 Å². The molecule has 0 heterocycles. The van der Waals surface area contributed by atoms with Gasteiger partial charge in [0, 0.05) is 5.56 Å². The number of nitrogens with one attached hydrogen (secondary N) is 2. The summed E-state index contributed by atoms with van der Waals surface area (Å²) in [5.41, 5.74) is 0.375. The van der Waals surface area contributed by atoms with Crippen molar-refractivity contribution in [1.82, 2.24) is 10.5 Å². The molecule has 1 aromatic rings. The second-order valence-electron chi connectivity index (χ2n) is 5.12. The third-order valence-corrected chi connectivity index (χ3v) is 2.27. The average Bonchev–Trinajstić information content (AvgIpc) is 2.30. The van der Waals surface area contributed by atoms with E-state index in [-0.39, 0.29) is 23.7 Å². The number of benzene rings is 1. The van der Waals surface area contributed by atoms with Crippen LogP contribution in [0.1, 0.15) is 26.3 Å². The van der Waals surface area contributed by atoms with E-state index in [0.717, 1.165) is 0 Å². The van der Waals surface area contributed by atoms with E-state index in [1.807, 2.05) is 20.8 Å². The van der Waals surface area contributed by atoms with Gasteiger partial charge in [-0.1, -0.05) is 18.2 Å². The summed E-state index contributed by atoms with van der Waals surface area (Å²) >= 11 is 0. The lowest BCUT2D eigenvalue weighted by molar-refractivity contribution is -0.118. The molecule has 0 atom stereocenters. The van der Waals surface area contributed by atoms with Crippen molar-refractivity contribution in [3.8, 4) is 5.75 Å². The summed E-state index contributed by atoms with van der Waals surface area (Å²) in [6.07, 6.45) is 0.130. The zero-order chi connectivity index (χ0) is 14.3. The lowest BCUT2D eigenvalue weighted by Gasteiger charge is -2.19. The number of amides is 1. The maximum atomic E-state index is 11.6. The molecule has 0 saturated heterocycles. The largest absolute Gasteiger partial charge is 0.508 e. The number of rotatable bonds is 6. The average molecular weight is 263 g/mol. The molecule has 0 saturated carbocycles. The van der Waals surface area contributed by atoms with Gasteiger partial charge in [-0.25, -0.2) is 0 Å². The highest BCUT2D eigenvalue weighted by molar-refractivity contribution is 6.34. The van der Waals surface area contributed by atoms with E-state index >= 15 is 0 Å². The van der Waals surface area contributed by atoms with E-state index in [1.54, 1.807) is 24.3 Å². The molecule has 0 fully saturated rings. The van der Waals surface area contributed by atoms with E-state index in [9.17, 15) is 9.90 Å². The quantitative estimate of drug-likeness (QED) is 0.406. The number of aromatic hydroxyl groups is 1. The van der Waals surface area contributed by atoms with Crippen LogP contribution in [-0.4, -0.2) is 30.9 Å². The van der Waals surface area contributed by atoms with Crippen LogP contribution in [0.15, 0.2) is 24.3 Å². The number of hydrogen-bond donors (Lipinski definition) is 3. The minimum absolute atomic E-state index is 0.127. The van der Waals surface area contributed by atoms with Crippen molar-refractivity contribution in [3.63, 3.8) is 0 Å². The Hall–Kier alpha value is -1.53. The van der Waals surface area contributed by atoms with Crippen molar-refractivity contribution in [1.29, 1.82) is 0 Å². The Morgan fingerprint density at radius 2 is 2.05 bits per heavy atom. The first-order valence-electron chi connectivity index (χ1n) is 6.14. The van der Waals surface area contributed by atoms with Crippen molar-refractivity contribution in [2.24, 2.45) is 0 Å². The highest BCUT2D eigenvalue weighted by atomic mass is 16.5. The number of carbonyl (C=O) groups excluding carboxylic acids is 1. The molecule has 1 amide bonds. The molecule has 1 aromatic carbocycles. The predicted molar refractivity (Wildman–Crippen MR) is 74.5 cm³/mol. The van der Waals surface area contributed by atoms with Gasteiger partial charge < -0.3 is 20.3 Å². The van der Waals surface area contributed by atoms with Crippen LogP contribution < -0.4 is 10.5 Å². The third kappa shape index (κ3) is 6.83. The number of hydrogen-bond acceptors (Lipinski definition) is 4. The standard InChI is InChI=1S/C13H20BN2O3/c1-13(2,3)19-9-15-14-16-12(18)8-10-6-4-5-7-11(10)17/h4-7,15,17H,8-9H2,1-3H3,(H,16,18). The van der Waals surface area contributed by atoms with Crippen molar-refractivity contribution >= 4 is 13.5 Å². The van der Waals surface area contributed by atoms with Gasteiger partial charge in [0.05, 0.1) is 18.8 Å². The molecule has 0 aromatic heterocycles. The second kappa shape index (κ2) is 7.16. The van der Waals surface area contributed by atoms with Gasteiger partial charge in [0.2, 0.25) is 5.91 Å². The highest BCUT2D eigenvalue weighted by Gasteiger charge is 2.10. The zero-order valence-electron chi connectivity index (χ0n) is 11.6. The monoisotopic (exact) mass is 263 g/mol. The van der Waals surface area contributed by atoms with Crippen LogP contribution in [0.2, 0.25) is 0 Å². The first-order valence-corrected chi connectivity index (χ1v) is 6.14. The van der Waals surface area contributed by atoms with Crippen LogP contribution in [0.4, 0.5) is 0 Å². The maximum absolute atomic E-state index is 11.6. The fourth-order valence-corrected chi connectivity index (χ4v) is 1.32. The summed E-state index contributed by atoms with van der Waals surface area (Å²) in [7, 11) is 1.44. The lowest BCUT2D eigenvalue weighted by Crippen LogP contribution is -2.40. The second-order valence-corrected chi connectivity index (χ2v) is 5.12. The fourth-order valence-electron chi connectivity index (χ4n) is 1.32. The normalized spacial score (nSPS) is 11.1. The molecule has 0 bridgehead atoms. The fraction of sp³-hybridized carbons (Fsp3) is 0.462. The molecule has 6 heteroatoms. The Labute approximate surface area is 114 Å². The summed E-state index contributed by atoms with van der Waals surface area (Å²) < 4.78 is 5.41. The summed E-state index contributed by atoms with van der Waals surface area (Å²) in [5, 5.41) is 14.9. The molecule has 0 aliphatic heterocycles. The van der Waals surface area contributed by atoms with Crippen LogP contribution >= 0.6 is 0 Å². The Morgan fingerprint density at radius 3 is 2.68 bits per heavy atom. The molecule has 1 radical (unpaired) electrons. The summed E-state index contributed by atoms with van der Waals surface area (Å²) in [6, 6.07) is 6.77. The van der Waals surface area contributed by atoms with E-state index in [0.29, 0.717) is 12.3 Å². The SMILES string of the molecule is CC(C)(C)OCN[B]NC(=O)Cc1ccccc1O.